The highest BCUT2D eigenvalue weighted by atomic mass is 79.9. The molecule has 19 heavy (non-hydrogen) atoms. The van der Waals surface area contributed by atoms with Crippen molar-refractivity contribution in [3.63, 3.8) is 0 Å². The van der Waals surface area contributed by atoms with Crippen LogP contribution in [0.3, 0.4) is 0 Å². The molecule has 3 nitrogen and oxygen atoms in total. The zero-order valence-electron chi connectivity index (χ0n) is 11.5. The molecule has 1 aliphatic carbocycles. The molecular formula is C15H21BrN2O. The second kappa shape index (κ2) is 6.06. The van der Waals surface area contributed by atoms with Crippen LogP contribution in [0.15, 0.2) is 22.7 Å². The quantitative estimate of drug-likeness (QED) is 0.907. The van der Waals surface area contributed by atoms with Crippen LogP contribution >= 0.6 is 15.9 Å². The summed E-state index contributed by atoms with van der Waals surface area (Å²) < 4.78 is 0.999. The number of aryl methyl sites for hydroxylation is 1. The normalized spacial score (nSPS) is 23.2. The zero-order chi connectivity index (χ0) is 14.0. The van der Waals surface area contributed by atoms with Crippen LogP contribution in [0.25, 0.3) is 0 Å². The molecule has 0 aliphatic heterocycles. The summed E-state index contributed by atoms with van der Waals surface area (Å²) in [5.74, 6) is 0.344. The molecule has 0 aromatic heterocycles. The van der Waals surface area contributed by atoms with Gasteiger partial charge in [0.2, 0.25) is 5.91 Å². The lowest BCUT2D eigenvalue weighted by Crippen LogP contribution is -2.37. The lowest BCUT2D eigenvalue weighted by molar-refractivity contribution is -0.123. The Hall–Kier alpha value is -0.870. The van der Waals surface area contributed by atoms with E-state index in [1.165, 1.54) is 0 Å². The van der Waals surface area contributed by atoms with E-state index in [0.717, 1.165) is 41.4 Å². The first kappa shape index (κ1) is 14.5. The Kier molecular flexibility index (Phi) is 4.63. The predicted molar refractivity (Wildman–Crippen MR) is 82.2 cm³/mol. The number of nitrogens with two attached hydrogens (primary N) is 1. The van der Waals surface area contributed by atoms with Crippen molar-refractivity contribution >= 4 is 27.5 Å². The first-order valence-corrected chi connectivity index (χ1v) is 7.57. The van der Waals surface area contributed by atoms with E-state index in [2.05, 4.69) is 15.9 Å². The fourth-order valence-corrected chi connectivity index (χ4v) is 3.05. The minimum Gasteiger partial charge on any atom is -0.328 e. The lowest BCUT2D eigenvalue weighted by Gasteiger charge is -2.29. The summed E-state index contributed by atoms with van der Waals surface area (Å²) in [7, 11) is 1.87. The van der Waals surface area contributed by atoms with Gasteiger partial charge in [0.05, 0.1) is 0 Å². The Balaban J connectivity index is 2.12. The van der Waals surface area contributed by atoms with Crippen molar-refractivity contribution < 1.29 is 4.79 Å². The summed E-state index contributed by atoms with van der Waals surface area (Å²) in [4.78, 5) is 14.3. The number of rotatable bonds is 2. The average Bonchev–Trinajstić information content (AvgIpc) is 2.41. The van der Waals surface area contributed by atoms with E-state index in [1.807, 2.05) is 32.2 Å². The van der Waals surface area contributed by atoms with E-state index in [1.54, 1.807) is 4.90 Å². The van der Waals surface area contributed by atoms with Gasteiger partial charge in [-0.05, 0) is 50.3 Å². The maximum atomic E-state index is 12.5. The molecule has 2 N–H and O–H groups in total. The van der Waals surface area contributed by atoms with Gasteiger partial charge in [-0.1, -0.05) is 22.0 Å². The first-order chi connectivity index (χ1) is 8.99. The fourth-order valence-electron chi connectivity index (χ4n) is 2.70. The molecule has 0 bridgehead atoms. The van der Waals surface area contributed by atoms with Crippen LogP contribution in [0.5, 0.6) is 0 Å². The van der Waals surface area contributed by atoms with Gasteiger partial charge in [0.25, 0.3) is 0 Å². The van der Waals surface area contributed by atoms with Crippen LogP contribution in [-0.4, -0.2) is 19.0 Å². The Morgan fingerprint density at radius 3 is 2.58 bits per heavy atom. The average molecular weight is 325 g/mol. The van der Waals surface area contributed by atoms with E-state index in [-0.39, 0.29) is 17.9 Å². The highest BCUT2D eigenvalue weighted by Crippen LogP contribution is 2.29. The summed E-state index contributed by atoms with van der Waals surface area (Å²) >= 11 is 3.46. The SMILES string of the molecule is Cc1ccc(Br)cc1N(C)C(=O)C1CCC(N)CC1. The van der Waals surface area contributed by atoms with Gasteiger partial charge in [-0.2, -0.15) is 0 Å². The second-order valence-corrected chi connectivity index (χ2v) is 6.36. The molecule has 104 valence electrons. The Morgan fingerprint density at radius 1 is 1.32 bits per heavy atom. The maximum Gasteiger partial charge on any atom is 0.229 e. The van der Waals surface area contributed by atoms with Crippen LogP contribution in [0.2, 0.25) is 0 Å². The molecule has 1 aliphatic rings. The third-order valence-corrected chi connectivity index (χ3v) is 4.48. The first-order valence-electron chi connectivity index (χ1n) is 6.78. The number of anilines is 1. The van der Waals surface area contributed by atoms with Crippen LogP contribution in [-0.2, 0) is 4.79 Å². The third kappa shape index (κ3) is 3.37. The van der Waals surface area contributed by atoms with Crippen molar-refractivity contribution in [2.24, 2.45) is 11.7 Å². The Labute approximate surface area is 123 Å². The Morgan fingerprint density at radius 2 is 1.95 bits per heavy atom. The molecule has 4 heteroatoms. The number of carbonyl (C=O) groups excluding carboxylic acids is 1. The van der Waals surface area contributed by atoms with Gasteiger partial charge in [0.15, 0.2) is 0 Å². The van der Waals surface area contributed by atoms with Gasteiger partial charge in [-0.15, -0.1) is 0 Å². The summed E-state index contributed by atoms with van der Waals surface area (Å²) in [5, 5.41) is 0. The monoisotopic (exact) mass is 324 g/mol. The molecular weight excluding hydrogens is 304 g/mol. The molecule has 1 aromatic carbocycles. The lowest BCUT2D eigenvalue weighted by atomic mass is 9.85. The van der Waals surface area contributed by atoms with Gasteiger partial charge < -0.3 is 10.6 Å². The molecule has 0 spiro atoms. The predicted octanol–water partition coefficient (Wildman–Crippen LogP) is 3.24. The Bertz CT molecular complexity index is 467. The van der Waals surface area contributed by atoms with Gasteiger partial charge in [-0.25, -0.2) is 0 Å². The van der Waals surface area contributed by atoms with E-state index in [4.69, 9.17) is 5.73 Å². The van der Waals surface area contributed by atoms with E-state index in [9.17, 15) is 4.79 Å². The van der Waals surface area contributed by atoms with E-state index < -0.39 is 0 Å². The van der Waals surface area contributed by atoms with Gasteiger partial charge in [0, 0.05) is 29.2 Å². The number of nitrogens with zero attached hydrogens (tertiary/aromatic N) is 1. The largest absolute Gasteiger partial charge is 0.328 e. The number of benzene rings is 1. The van der Waals surface area contributed by atoms with E-state index >= 15 is 0 Å². The maximum absolute atomic E-state index is 12.5. The van der Waals surface area contributed by atoms with Crippen molar-refractivity contribution in [3.8, 4) is 0 Å². The highest BCUT2D eigenvalue weighted by Gasteiger charge is 2.27. The van der Waals surface area contributed by atoms with Gasteiger partial charge in [-0.3, -0.25) is 4.79 Å². The number of hydrogen-bond donors (Lipinski definition) is 1. The summed E-state index contributed by atoms with van der Waals surface area (Å²) in [6, 6.07) is 6.31. The smallest absolute Gasteiger partial charge is 0.229 e. The molecule has 1 amide bonds. The molecule has 1 aromatic rings. The highest BCUT2D eigenvalue weighted by molar-refractivity contribution is 9.10. The molecule has 1 saturated carbocycles. The second-order valence-electron chi connectivity index (χ2n) is 5.44. The fraction of sp³-hybridized carbons (Fsp3) is 0.533. The van der Waals surface area contributed by atoms with Crippen LogP contribution in [0.4, 0.5) is 5.69 Å². The molecule has 0 radical (unpaired) electrons. The summed E-state index contributed by atoms with van der Waals surface area (Å²) in [5.41, 5.74) is 8.00. The van der Waals surface area contributed by atoms with Gasteiger partial charge >= 0.3 is 0 Å². The molecule has 1 fully saturated rings. The van der Waals surface area contributed by atoms with Crippen molar-refractivity contribution in [2.45, 2.75) is 38.6 Å². The minimum atomic E-state index is 0.128. The van der Waals surface area contributed by atoms with Crippen molar-refractivity contribution in [3.05, 3.63) is 28.2 Å². The minimum absolute atomic E-state index is 0.128. The number of hydrogen-bond acceptors (Lipinski definition) is 2. The summed E-state index contributed by atoms with van der Waals surface area (Å²) in [6.07, 6.45) is 3.75. The zero-order valence-corrected chi connectivity index (χ0v) is 13.1. The van der Waals surface area contributed by atoms with Crippen LogP contribution < -0.4 is 10.6 Å². The number of carbonyl (C=O) groups is 1. The molecule has 0 atom stereocenters. The number of amides is 1. The molecule has 0 heterocycles. The van der Waals surface area contributed by atoms with Crippen molar-refractivity contribution in [1.29, 1.82) is 0 Å². The standard InChI is InChI=1S/C15H21BrN2O/c1-10-3-6-12(16)9-14(10)18(2)15(19)11-4-7-13(17)8-5-11/h3,6,9,11,13H,4-5,7-8,17H2,1-2H3. The third-order valence-electron chi connectivity index (χ3n) is 3.98. The molecule has 0 saturated heterocycles. The van der Waals surface area contributed by atoms with Crippen LogP contribution in [0, 0.1) is 12.8 Å². The van der Waals surface area contributed by atoms with Crippen molar-refractivity contribution in [2.75, 3.05) is 11.9 Å². The molecule has 0 unspecified atom stereocenters. The summed E-state index contributed by atoms with van der Waals surface area (Å²) in [6.45, 7) is 2.03. The topological polar surface area (TPSA) is 46.3 Å². The van der Waals surface area contributed by atoms with Crippen molar-refractivity contribution in [1.82, 2.24) is 0 Å². The molecule has 2 rings (SSSR count). The van der Waals surface area contributed by atoms with Crippen LogP contribution in [0.1, 0.15) is 31.2 Å². The van der Waals surface area contributed by atoms with Gasteiger partial charge in [0.1, 0.15) is 0 Å². The van der Waals surface area contributed by atoms with E-state index in [0.29, 0.717) is 0 Å². The number of halogens is 1.